The molecule has 152 valence electrons. The van der Waals surface area contributed by atoms with Gasteiger partial charge in [0.1, 0.15) is 5.60 Å². The Morgan fingerprint density at radius 2 is 2.29 bits per heavy atom. The summed E-state index contributed by atoms with van der Waals surface area (Å²) in [5.74, 6) is -0.482. The van der Waals surface area contributed by atoms with Crippen LogP contribution in [0.25, 0.3) is 11.1 Å². The molecule has 2 aromatic rings. The van der Waals surface area contributed by atoms with Crippen molar-refractivity contribution in [1.82, 2.24) is 9.47 Å². The first kappa shape index (κ1) is 19.2. The number of oxazole rings is 1. The van der Waals surface area contributed by atoms with Crippen LogP contribution in [0.15, 0.2) is 27.4 Å². The predicted molar refractivity (Wildman–Crippen MR) is 105 cm³/mol. The van der Waals surface area contributed by atoms with Gasteiger partial charge in [-0.05, 0) is 38.3 Å². The largest absolute Gasteiger partial charge is 0.419 e. The van der Waals surface area contributed by atoms with Crippen molar-refractivity contribution in [2.45, 2.75) is 44.4 Å². The van der Waals surface area contributed by atoms with Gasteiger partial charge in [-0.1, -0.05) is 0 Å². The second kappa shape index (κ2) is 7.69. The number of carbonyl (C=O) groups excluding carboxylic acids is 1. The van der Waals surface area contributed by atoms with Crippen molar-refractivity contribution < 1.29 is 18.7 Å². The van der Waals surface area contributed by atoms with Gasteiger partial charge >= 0.3 is 5.76 Å². The Morgan fingerprint density at radius 3 is 3.00 bits per heavy atom. The Hall–Kier alpha value is -2.16. The van der Waals surface area contributed by atoms with Crippen molar-refractivity contribution >= 4 is 22.7 Å². The topological polar surface area (TPSA) is 85.9 Å². The van der Waals surface area contributed by atoms with Crippen molar-refractivity contribution in [3.8, 4) is 0 Å². The molecule has 2 saturated heterocycles. The van der Waals surface area contributed by atoms with Crippen LogP contribution in [0.1, 0.15) is 26.2 Å². The van der Waals surface area contributed by atoms with Crippen molar-refractivity contribution in [2.24, 2.45) is 0 Å². The van der Waals surface area contributed by atoms with Gasteiger partial charge in [0, 0.05) is 45.1 Å². The smallest absolute Gasteiger partial charge is 0.408 e. The van der Waals surface area contributed by atoms with Crippen LogP contribution in [0.3, 0.4) is 0 Å². The van der Waals surface area contributed by atoms with Gasteiger partial charge in [0.25, 0.3) is 0 Å². The number of nitrogens with zero attached hydrogens (tertiary/aromatic N) is 2. The van der Waals surface area contributed by atoms with Crippen LogP contribution in [0.4, 0.5) is 5.69 Å². The molecule has 28 heavy (non-hydrogen) atoms. The number of amides is 1. The van der Waals surface area contributed by atoms with E-state index in [1.165, 1.54) is 0 Å². The van der Waals surface area contributed by atoms with Crippen LogP contribution in [-0.4, -0.2) is 60.4 Å². The van der Waals surface area contributed by atoms with Gasteiger partial charge in [-0.15, -0.1) is 0 Å². The number of likely N-dealkylation sites (tertiary alicyclic amines) is 1. The molecule has 0 radical (unpaired) electrons. The quantitative estimate of drug-likeness (QED) is 0.840. The second-order valence-electron chi connectivity index (χ2n) is 7.58. The van der Waals surface area contributed by atoms with E-state index in [0.717, 1.165) is 37.9 Å². The first-order valence-electron chi connectivity index (χ1n) is 9.87. The lowest BCUT2D eigenvalue weighted by Crippen LogP contribution is -2.58. The van der Waals surface area contributed by atoms with Gasteiger partial charge in [-0.3, -0.25) is 14.3 Å². The minimum Gasteiger partial charge on any atom is -0.408 e. The highest BCUT2D eigenvalue weighted by Crippen LogP contribution is 2.36. The zero-order valence-electron chi connectivity index (χ0n) is 16.4. The number of aromatic nitrogens is 1. The zero-order chi connectivity index (χ0) is 19.7. The molecule has 1 aromatic carbocycles. The number of benzene rings is 1. The molecule has 0 unspecified atom stereocenters. The summed E-state index contributed by atoms with van der Waals surface area (Å²) in [7, 11) is 1.73. The number of hydrogen-bond acceptors (Lipinski definition) is 6. The van der Waals surface area contributed by atoms with Gasteiger partial charge in [0.05, 0.1) is 18.2 Å². The summed E-state index contributed by atoms with van der Waals surface area (Å²) in [6, 6.07) is 5.28. The number of methoxy groups -OCH3 is 1. The number of aryl methyl sites for hydroxylation is 1. The summed E-state index contributed by atoms with van der Waals surface area (Å²) in [5.41, 5.74) is 1.53. The fraction of sp³-hybridized carbons (Fsp3) is 0.600. The summed E-state index contributed by atoms with van der Waals surface area (Å²) in [6.07, 6.45) is 2.93. The Kier molecular flexibility index (Phi) is 5.27. The number of hydrogen-bond donors (Lipinski definition) is 1. The van der Waals surface area contributed by atoms with E-state index in [0.29, 0.717) is 30.9 Å². The van der Waals surface area contributed by atoms with Gasteiger partial charge in [-0.2, -0.15) is 0 Å². The second-order valence-corrected chi connectivity index (χ2v) is 7.58. The molecule has 0 bridgehead atoms. The first-order chi connectivity index (χ1) is 13.5. The van der Waals surface area contributed by atoms with E-state index in [4.69, 9.17) is 13.9 Å². The van der Waals surface area contributed by atoms with Crippen molar-refractivity contribution in [2.75, 3.05) is 38.7 Å². The lowest BCUT2D eigenvalue weighted by atomic mass is 9.87. The van der Waals surface area contributed by atoms with Crippen LogP contribution in [0, 0.1) is 0 Å². The maximum atomic E-state index is 12.6. The van der Waals surface area contributed by atoms with E-state index in [1.807, 2.05) is 6.92 Å². The maximum absolute atomic E-state index is 12.6. The van der Waals surface area contributed by atoms with Crippen molar-refractivity contribution in [3.63, 3.8) is 0 Å². The lowest BCUT2D eigenvalue weighted by molar-refractivity contribution is -0.146. The number of anilines is 1. The molecule has 0 saturated carbocycles. The summed E-state index contributed by atoms with van der Waals surface area (Å²) in [6.45, 7) is 4.97. The molecule has 1 amide bonds. The Labute approximate surface area is 163 Å². The minimum absolute atomic E-state index is 0.0854. The van der Waals surface area contributed by atoms with Crippen molar-refractivity contribution in [1.29, 1.82) is 0 Å². The highest BCUT2D eigenvalue weighted by molar-refractivity contribution is 5.94. The molecule has 1 spiro atoms. The molecule has 3 heterocycles. The fourth-order valence-electron chi connectivity index (χ4n) is 4.53. The molecular formula is C20H27N3O5. The molecule has 0 aliphatic carbocycles. The summed E-state index contributed by atoms with van der Waals surface area (Å²) in [5, 5.41) is 2.91. The number of piperidine rings is 1. The first-order valence-corrected chi connectivity index (χ1v) is 9.87. The van der Waals surface area contributed by atoms with Gasteiger partial charge in [0.15, 0.2) is 5.58 Å². The lowest BCUT2D eigenvalue weighted by Gasteiger charge is -2.44. The van der Waals surface area contributed by atoms with Crippen LogP contribution in [0.2, 0.25) is 0 Å². The minimum atomic E-state index is -0.385. The molecule has 8 nitrogen and oxygen atoms in total. The predicted octanol–water partition coefficient (Wildman–Crippen LogP) is 1.82. The highest BCUT2D eigenvalue weighted by Gasteiger charge is 2.47. The van der Waals surface area contributed by atoms with E-state index < -0.39 is 0 Å². The maximum Gasteiger partial charge on any atom is 0.419 e. The fourth-order valence-corrected chi connectivity index (χ4v) is 4.53. The molecule has 2 atom stereocenters. The number of nitrogens with one attached hydrogen (secondary N) is 1. The molecule has 8 heteroatoms. The third kappa shape index (κ3) is 3.47. The molecular weight excluding hydrogens is 362 g/mol. The van der Waals surface area contributed by atoms with Gasteiger partial charge < -0.3 is 19.2 Å². The van der Waals surface area contributed by atoms with E-state index in [-0.39, 0.29) is 23.4 Å². The average molecular weight is 389 g/mol. The molecule has 2 fully saturated rings. The van der Waals surface area contributed by atoms with Gasteiger partial charge in [0.2, 0.25) is 5.91 Å². The normalized spacial score (nSPS) is 25.6. The van der Waals surface area contributed by atoms with E-state index in [1.54, 1.807) is 29.9 Å². The van der Waals surface area contributed by atoms with Crippen LogP contribution in [0.5, 0.6) is 0 Å². The van der Waals surface area contributed by atoms with Gasteiger partial charge in [-0.25, -0.2) is 4.79 Å². The molecule has 1 aromatic heterocycles. The molecule has 2 aliphatic heterocycles. The summed E-state index contributed by atoms with van der Waals surface area (Å²) in [4.78, 5) is 26.5. The SMILES string of the molecule is CCn1c(=O)oc2cc(NC(=O)CN3CC[C@H](OC)[C@]4(CCCO4)C3)ccc21. The third-order valence-electron chi connectivity index (χ3n) is 5.84. The Morgan fingerprint density at radius 1 is 1.43 bits per heavy atom. The zero-order valence-corrected chi connectivity index (χ0v) is 16.4. The number of ether oxygens (including phenoxy) is 2. The Bertz CT molecular complexity index is 912. The molecule has 1 N–H and O–H groups in total. The molecule has 2 aliphatic rings. The third-order valence-corrected chi connectivity index (χ3v) is 5.84. The van der Waals surface area contributed by atoms with E-state index in [9.17, 15) is 9.59 Å². The van der Waals surface area contributed by atoms with E-state index >= 15 is 0 Å². The van der Waals surface area contributed by atoms with Crippen molar-refractivity contribution in [3.05, 3.63) is 28.7 Å². The standard InChI is InChI=1S/C20H27N3O5/c1-3-23-15-6-5-14(11-16(15)28-19(23)25)21-18(24)12-22-9-7-17(26-2)20(13-22)8-4-10-27-20/h5-6,11,17H,3-4,7-10,12-13H2,1-2H3,(H,21,24)/t17-,20-/m0/s1. The van der Waals surface area contributed by atoms with E-state index in [2.05, 4.69) is 10.2 Å². The highest BCUT2D eigenvalue weighted by atomic mass is 16.6. The van der Waals surface area contributed by atoms with Crippen LogP contribution >= 0.6 is 0 Å². The number of fused-ring (bicyclic) bond motifs is 1. The summed E-state index contributed by atoms with van der Waals surface area (Å²) < 4.78 is 18.5. The van der Waals surface area contributed by atoms with Crippen LogP contribution in [-0.2, 0) is 20.8 Å². The summed E-state index contributed by atoms with van der Waals surface area (Å²) >= 11 is 0. The number of carbonyl (C=O) groups is 1. The number of rotatable bonds is 5. The Balaban J connectivity index is 1.42. The monoisotopic (exact) mass is 389 g/mol. The average Bonchev–Trinajstić information content (AvgIpc) is 3.25. The van der Waals surface area contributed by atoms with Crippen LogP contribution < -0.4 is 11.1 Å². The molecule has 4 rings (SSSR count).